The summed E-state index contributed by atoms with van der Waals surface area (Å²) in [5.41, 5.74) is -1.13. The lowest BCUT2D eigenvalue weighted by molar-refractivity contribution is -0.143. The Bertz CT molecular complexity index is 803. The summed E-state index contributed by atoms with van der Waals surface area (Å²) in [6, 6.07) is 3.40. The maximum atomic E-state index is 13.3. The average molecular weight is 390 g/mol. The van der Waals surface area contributed by atoms with Crippen molar-refractivity contribution in [3.05, 3.63) is 34.6 Å². The number of hydrogen-bond donors (Lipinski definition) is 1. The molecule has 1 N–H and O–H groups in total. The van der Waals surface area contributed by atoms with Gasteiger partial charge in [-0.3, -0.25) is 9.69 Å². The van der Waals surface area contributed by atoms with Crippen molar-refractivity contribution in [2.24, 2.45) is 5.92 Å². The van der Waals surface area contributed by atoms with Crippen LogP contribution in [-0.4, -0.2) is 49.3 Å². The summed E-state index contributed by atoms with van der Waals surface area (Å²) in [6.45, 7) is 1.24. The van der Waals surface area contributed by atoms with E-state index in [0.29, 0.717) is 25.9 Å². The molecule has 1 aliphatic rings. The van der Waals surface area contributed by atoms with Gasteiger partial charge in [-0.05, 0) is 54.6 Å². The molecule has 1 aromatic heterocycles. The van der Waals surface area contributed by atoms with Crippen LogP contribution in [0.2, 0.25) is 5.02 Å². The van der Waals surface area contributed by atoms with E-state index in [-0.39, 0.29) is 23.1 Å². The molecule has 0 radical (unpaired) electrons. The van der Waals surface area contributed by atoms with E-state index < -0.39 is 23.6 Å². The fourth-order valence-corrected chi connectivity index (χ4v) is 3.12. The number of likely N-dealkylation sites (tertiary alicyclic amines) is 1. The van der Waals surface area contributed by atoms with E-state index in [1.165, 1.54) is 12.1 Å². The second-order valence-electron chi connectivity index (χ2n) is 6.05. The van der Waals surface area contributed by atoms with Gasteiger partial charge in [0.15, 0.2) is 5.82 Å². The Labute approximate surface area is 151 Å². The van der Waals surface area contributed by atoms with Crippen molar-refractivity contribution in [1.82, 2.24) is 25.1 Å². The number of rotatable bonds is 4. The number of aliphatic carboxylic acids is 1. The van der Waals surface area contributed by atoms with Gasteiger partial charge >= 0.3 is 12.1 Å². The molecule has 0 aliphatic carbocycles. The Morgan fingerprint density at radius 3 is 2.62 bits per heavy atom. The molecule has 1 aromatic carbocycles. The second kappa shape index (κ2) is 7.20. The topological polar surface area (TPSA) is 84.1 Å². The van der Waals surface area contributed by atoms with Crippen molar-refractivity contribution in [3.63, 3.8) is 0 Å². The monoisotopic (exact) mass is 389 g/mol. The second-order valence-corrected chi connectivity index (χ2v) is 6.49. The van der Waals surface area contributed by atoms with Crippen LogP contribution in [-0.2, 0) is 17.5 Å². The molecule has 1 saturated heterocycles. The number of nitrogens with zero attached hydrogens (tertiary/aromatic N) is 5. The maximum absolute atomic E-state index is 13.3. The molecule has 140 valence electrons. The van der Waals surface area contributed by atoms with Gasteiger partial charge in [0.1, 0.15) is 0 Å². The molecule has 1 aliphatic heterocycles. The summed E-state index contributed by atoms with van der Waals surface area (Å²) in [5.74, 6) is -0.979. The number of piperidine rings is 1. The third-order valence-electron chi connectivity index (χ3n) is 4.33. The van der Waals surface area contributed by atoms with Crippen LogP contribution in [0.15, 0.2) is 18.2 Å². The number of carboxylic acids is 1. The largest absolute Gasteiger partial charge is 0.481 e. The Morgan fingerprint density at radius 2 is 2.00 bits per heavy atom. The number of aromatic nitrogens is 4. The fourth-order valence-electron chi connectivity index (χ4n) is 2.95. The number of carbonyl (C=O) groups is 1. The molecule has 0 bridgehead atoms. The zero-order valence-electron chi connectivity index (χ0n) is 13.4. The molecule has 0 atom stereocenters. The quantitative estimate of drug-likeness (QED) is 0.865. The molecule has 0 saturated carbocycles. The summed E-state index contributed by atoms with van der Waals surface area (Å²) in [4.78, 5) is 12.9. The number of benzene rings is 1. The molecular weight excluding hydrogens is 375 g/mol. The minimum absolute atomic E-state index is 0.0357. The van der Waals surface area contributed by atoms with Crippen molar-refractivity contribution in [3.8, 4) is 5.69 Å². The van der Waals surface area contributed by atoms with E-state index in [1.54, 1.807) is 0 Å². The number of hydrogen-bond acceptors (Lipinski definition) is 5. The zero-order chi connectivity index (χ0) is 18.9. The first kappa shape index (κ1) is 18.6. The molecule has 0 unspecified atom stereocenters. The van der Waals surface area contributed by atoms with Crippen molar-refractivity contribution < 1.29 is 23.1 Å². The minimum atomic E-state index is -4.61. The lowest BCUT2D eigenvalue weighted by Gasteiger charge is -2.29. The van der Waals surface area contributed by atoms with E-state index >= 15 is 0 Å². The standard InChI is InChI=1S/C15H15ClF3N5O2/c16-10-1-2-12(11(7-10)15(17,18)19)24-13(20-21-22-24)8-23-5-3-9(4-6-23)14(25)26/h1-2,7,9H,3-6,8H2,(H,25,26). The number of tetrazole rings is 1. The first-order valence-electron chi connectivity index (χ1n) is 7.85. The molecule has 3 rings (SSSR count). The zero-order valence-corrected chi connectivity index (χ0v) is 14.2. The molecule has 0 spiro atoms. The Hall–Kier alpha value is -2.20. The van der Waals surface area contributed by atoms with Crippen LogP contribution >= 0.6 is 11.6 Å². The number of carboxylic acid groups (broad SMARTS) is 1. The molecule has 1 fully saturated rings. The molecule has 26 heavy (non-hydrogen) atoms. The Balaban J connectivity index is 1.83. The van der Waals surface area contributed by atoms with Gasteiger partial charge in [-0.25, -0.2) is 0 Å². The lowest BCUT2D eigenvalue weighted by atomic mass is 9.97. The van der Waals surface area contributed by atoms with Crippen LogP contribution in [0.3, 0.4) is 0 Å². The van der Waals surface area contributed by atoms with E-state index in [2.05, 4.69) is 15.5 Å². The highest BCUT2D eigenvalue weighted by Crippen LogP contribution is 2.35. The van der Waals surface area contributed by atoms with Gasteiger partial charge in [0.05, 0.1) is 23.7 Å². The smallest absolute Gasteiger partial charge is 0.418 e. The molecule has 0 amide bonds. The van der Waals surface area contributed by atoms with Crippen LogP contribution in [0.5, 0.6) is 0 Å². The van der Waals surface area contributed by atoms with Gasteiger partial charge < -0.3 is 5.11 Å². The van der Waals surface area contributed by atoms with Crippen LogP contribution in [0.4, 0.5) is 13.2 Å². The SMILES string of the molecule is O=C(O)C1CCN(Cc2nnnn2-c2ccc(Cl)cc2C(F)(F)F)CC1. The third-order valence-corrected chi connectivity index (χ3v) is 4.56. The summed E-state index contributed by atoms with van der Waals surface area (Å²) < 4.78 is 41.0. The van der Waals surface area contributed by atoms with Gasteiger partial charge in [0.2, 0.25) is 0 Å². The molecule has 2 aromatic rings. The summed E-state index contributed by atoms with van der Waals surface area (Å²) in [7, 11) is 0. The van der Waals surface area contributed by atoms with E-state index in [0.717, 1.165) is 10.7 Å². The number of alkyl halides is 3. The highest BCUT2D eigenvalue weighted by Gasteiger charge is 2.35. The summed E-state index contributed by atoms with van der Waals surface area (Å²) >= 11 is 5.70. The van der Waals surface area contributed by atoms with Gasteiger partial charge in [0, 0.05) is 5.02 Å². The van der Waals surface area contributed by atoms with Crippen LogP contribution in [0.25, 0.3) is 5.69 Å². The third kappa shape index (κ3) is 3.96. The highest BCUT2D eigenvalue weighted by atomic mass is 35.5. The fraction of sp³-hybridized carbons (Fsp3) is 0.467. The molecular formula is C15H15ClF3N5O2. The first-order chi connectivity index (χ1) is 12.3. The maximum Gasteiger partial charge on any atom is 0.418 e. The van der Waals surface area contributed by atoms with Gasteiger partial charge in [-0.15, -0.1) is 5.10 Å². The first-order valence-corrected chi connectivity index (χ1v) is 8.23. The van der Waals surface area contributed by atoms with E-state index in [4.69, 9.17) is 16.7 Å². The van der Waals surface area contributed by atoms with Gasteiger partial charge in [-0.1, -0.05) is 11.6 Å². The van der Waals surface area contributed by atoms with Crippen molar-refractivity contribution in [2.75, 3.05) is 13.1 Å². The number of halogens is 4. The Kier molecular flexibility index (Phi) is 5.15. The van der Waals surface area contributed by atoms with Gasteiger partial charge in [0.25, 0.3) is 0 Å². The summed E-state index contributed by atoms with van der Waals surface area (Å²) in [5, 5.41) is 20.0. The predicted octanol–water partition coefficient (Wildman–Crippen LogP) is 2.63. The normalized spacial score (nSPS) is 16.8. The molecule has 2 heterocycles. The molecule has 11 heteroatoms. The average Bonchev–Trinajstić information content (AvgIpc) is 3.02. The summed E-state index contributed by atoms with van der Waals surface area (Å²) in [6.07, 6.45) is -3.65. The van der Waals surface area contributed by atoms with Crippen molar-refractivity contribution in [1.29, 1.82) is 0 Å². The lowest BCUT2D eigenvalue weighted by Crippen LogP contribution is -2.36. The van der Waals surface area contributed by atoms with Gasteiger partial charge in [-0.2, -0.15) is 17.9 Å². The highest BCUT2D eigenvalue weighted by molar-refractivity contribution is 6.30. The minimum Gasteiger partial charge on any atom is -0.481 e. The van der Waals surface area contributed by atoms with Crippen LogP contribution in [0, 0.1) is 5.92 Å². The molecule has 7 nitrogen and oxygen atoms in total. The Morgan fingerprint density at radius 1 is 1.31 bits per heavy atom. The van der Waals surface area contributed by atoms with Crippen LogP contribution < -0.4 is 0 Å². The van der Waals surface area contributed by atoms with Crippen LogP contribution in [0.1, 0.15) is 24.2 Å². The predicted molar refractivity (Wildman–Crippen MR) is 84.8 cm³/mol. The van der Waals surface area contributed by atoms with E-state index in [9.17, 15) is 18.0 Å². The van der Waals surface area contributed by atoms with Crippen molar-refractivity contribution >= 4 is 17.6 Å². The van der Waals surface area contributed by atoms with Crippen molar-refractivity contribution in [2.45, 2.75) is 25.6 Å². The van der Waals surface area contributed by atoms with E-state index in [1.807, 2.05) is 4.90 Å².